The summed E-state index contributed by atoms with van der Waals surface area (Å²) >= 11 is 1.84. The normalized spacial score (nSPS) is 12.9. The minimum Gasteiger partial charge on any atom is -0.300 e. The van der Waals surface area contributed by atoms with E-state index in [1.54, 1.807) is 6.92 Å². The minimum atomic E-state index is 0.270. The molecule has 0 spiro atoms. The molecule has 0 bridgehead atoms. The molecule has 0 fully saturated rings. The predicted octanol–water partition coefficient (Wildman–Crippen LogP) is 5.53. The van der Waals surface area contributed by atoms with Gasteiger partial charge >= 0.3 is 0 Å². The summed E-state index contributed by atoms with van der Waals surface area (Å²) < 4.78 is 2.66. The van der Waals surface area contributed by atoms with E-state index in [2.05, 4.69) is 49.4 Å². The van der Waals surface area contributed by atoms with Gasteiger partial charge in [0.2, 0.25) is 0 Å². The van der Waals surface area contributed by atoms with Crippen molar-refractivity contribution < 1.29 is 4.79 Å². The summed E-state index contributed by atoms with van der Waals surface area (Å²) in [5.41, 5.74) is 1.29. The molecule has 20 heavy (non-hydrogen) atoms. The van der Waals surface area contributed by atoms with Gasteiger partial charge in [0.05, 0.1) is 0 Å². The summed E-state index contributed by atoms with van der Waals surface area (Å²) in [4.78, 5) is 11.4. The van der Waals surface area contributed by atoms with Gasteiger partial charge in [-0.25, -0.2) is 0 Å². The third-order valence-corrected chi connectivity index (χ3v) is 5.05. The minimum absolute atomic E-state index is 0.270. The van der Waals surface area contributed by atoms with Crippen LogP contribution in [0.1, 0.15) is 38.2 Å². The predicted molar refractivity (Wildman–Crippen MR) is 87.7 cm³/mol. The van der Waals surface area contributed by atoms with Gasteiger partial charge in [0.1, 0.15) is 5.78 Å². The SMILES string of the molecule is CCC(CC(C)=O)c1ccc2sc3ccccc3c2c1. The van der Waals surface area contributed by atoms with Crippen LogP contribution in [0.25, 0.3) is 20.2 Å². The van der Waals surface area contributed by atoms with E-state index in [4.69, 9.17) is 0 Å². The smallest absolute Gasteiger partial charge is 0.130 e. The molecule has 0 aliphatic rings. The highest BCUT2D eigenvalue weighted by atomic mass is 32.1. The van der Waals surface area contributed by atoms with E-state index in [1.165, 1.54) is 25.7 Å². The number of hydrogen-bond donors (Lipinski definition) is 0. The third-order valence-electron chi connectivity index (χ3n) is 3.90. The van der Waals surface area contributed by atoms with Gasteiger partial charge in [-0.15, -0.1) is 11.3 Å². The summed E-state index contributed by atoms with van der Waals surface area (Å²) in [5.74, 6) is 0.614. The van der Waals surface area contributed by atoms with Gasteiger partial charge in [-0.3, -0.25) is 0 Å². The Hall–Kier alpha value is -1.67. The van der Waals surface area contributed by atoms with E-state index >= 15 is 0 Å². The highest BCUT2D eigenvalue weighted by Gasteiger charge is 2.13. The molecule has 102 valence electrons. The van der Waals surface area contributed by atoms with Crippen molar-refractivity contribution in [3.8, 4) is 0 Å². The van der Waals surface area contributed by atoms with Gasteiger partial charge in [0.25, 0.3) is 0 Å². The Morgan fingerprint density at radius 1 is 1.10 bits per heavy atom. The summed E-state index contributed by atoms with van der Waals surface area (Å²) in [6.07, 6.45) is 1.65. The molecule has 1 nitrogen and oxygen atoms in total. The molecule has 3 rings (SSSR count). The molecule has 1 heterocycles. The zero-order valence-corrected chi connectivity index (χ0v) is 12.7. The Kier molecular flexibility index (Phi) is 3.58. The average molecular weight is 282 g/mol. The summed E-state index contributed by atoms with van der Waals surface area (Å²) in [7, 11) is 0. The summed E-state index contributed by atoms with van der Waals surface area (Å²) in [5, 5.41) is 2.65. The van der Waals surface area contributed by atoms with Gasteiger partial charge in [-0.05, 0) is 43.0 Å². The molecular weight excluding hydrogens is 264 g/mol. The topological polar surface area (TPSA) is 17.1 Å². The fourth-order valence-corrected chi connectivity index (χ4v) is 3.93. The van der Waals surface area contributed by atoms with E-state index in [1.807, 2.05) is 11.3 Å². The molecule has 0 saturated carbocycles. The highest BCUT2D eigenvalue weighted by molar-refractivity contribution is 7.25. The maximum Gasteiger partial charge on any atom is 0.130 e. The molecule has 0 saturated heterocycles. The Bertz CT molecular complexity index is 769. The lowest BCUT2D eigenvalue weighted by atomic mass is 9.91. The number of ketones is 1. The summed E-state index contributed by atoms with van der Waals surface area (Å²) in [6.45, 7) is 3.84. The van der Waals surface area contributed by atoms with Gasteiger partial charge in [-0.2, -0.15) is 0 Å². The first kappa shape index (κ1) is 13.3. The van der Waals surface area contributed by atoms with Crippen LogP contribution in [0.15, 0.2) is 42.5 Å². The van der Waals surface area contributed by atoms with Crippen molar-refractivity contribution >= 4 is 37.3 Å². The molecule has 0 radical (unpaired) electrons. The molecule has 0 N–H and O–H groups in total. The van der Waals surface area contributed by atoms with E-state index < -0.39 is 0 Å². The molecule has 0 aliphatic heterocycles. The van der Waals surface area contributed by atoms with Crippen molar-refractivity contribution in [3.63, 3.8) is 0 Å². The van der Waals surface area contributed by atoms with Gasteiger partial charge in [0, 0.05) is 26.6 Å². The average Bonchev–Trinajstić information content (AvgIpc) is 2.82. The maximum atomic E-state index is 11.4. The van der Waals surface area contributed by atoms with Crippen LogP contribution in [0, 0.1) is 0 Å². The second-order valence-electron chi connectivity index (χ2n) is 5.37. The number of carbonyl (C=O) groups excluding carboxylic acids is 1. The zero-order valence-electron chi connectivity index (χ0n) is 11.8. The molecule has 2 heteroatoms. The molecule has 0 amide bonds. The molecule has 3 aromatic rings. The van der Waals surface area contributed by atoms with Gasteiger partial charge < -0.3 is 4.79 Å². The number of rotatable bonds is 4. The van der Waals surface area contributed by atoms with Crippen LogP contribution in [-0.2, 0) is 4.79 Å². The van der Waals surface area contributed by atoms with E-state index in [0.29, 0.717) is 12.3 Å². The van der Waals surface area contributed by atoms with Crippen molar-refractivity contribution in [2.75, 3.05) is 0 Å². The highest BCUT2D eigenvalue weighted by Crippen LogP contribution is 2.36. The lowest BCUT2D eigenvalue weighted by Crippen LogP contribution is -2.03. The molecule has 2 aromatic carbocycles. The first-order valence-electron chi connectivity index (χ1n) is 7.09. The lowest BCUT2D eigenvalue weighted by molar-refractivity contribution is -0.117. The number of fused-ring (bicyclic) bond motifs is 3. The third kappa shape index (κ3) is 2.36. The Labute approximate surface area is 123 Å². The Balaban J connectivity index is 2.13. The van der Waals surface area contributed by atoms with Crippen LogP contribution in [0.3, 0.4) is 0 Å². The Morgan fingerprint density at radius 3 is 2.60 bits per heavy atom. The van der Waals surface area contributed by atoms with E-state index in [9.17, 15) is 4.79 Å². The zero-order chi connectivity index (χ0) is 14.1. The van der Waals surface area contributed by atoms with Gasteiger partial charge in [-0.1, -0.05) is 31.2 Å². The standard InChI is InChI=1S/C18H18OS/c1-3-13(10-12(2)19)14-8-9-18-16(11-14)15-6-4-5-7-17(15)20-18/h4-9,11,13H,3,10H2,1-2H3. The fraction of sp³-hybridized carbons (Fsp3) is 0.278. The number of hydrogen-bond acceptors (Lipinski definition) is 2. The van der Waals surface area contributed by atoms with Crippen LogP contribution in [0.4, 0.5) is 0 Å². The van der Waals surface area contributed by atoms with Crippen LogP contribution in [0.5, 0.6) is 0 Å². The fourth-order valence-electron chi connectivity index (χ4n) is 2.84. The van der Waals surface area contributed by atoms with Crippen LogP contribution < -0.4 is 0 Å². The molecule has 1 atom stereocenters. The molecule has 1 aromatic heterocycles. The van der Waals surface area contributed by atoms with Crippen molar-refractivity contribution in [3.05, 3.63) is 48.0 Å². The molecule has 0 aliphatic carbocycles. The van der Waals surface area contributed by atoms with Crippen molar-refractivity contribution in [1.82, 2.24) is 0 Å². The van der Waals surface area contributed by atoms with Crippen molar-refractivity contribution in [1.29, 1.82) is 0 Å². The number of Topliss-reactive ketones (excluding diaryl/α,β-unsaturated/α-hetero) is 1. The summed E-state index contributed by atoms with van der Waals surface area (Å²) in [6, 6.07) is 15.2. The monoisotopic (exact) mass is 282 g/mol. The molecule has 1 unspecified atom stereocenters. The lowest BCUT2D eigenvalue weighted by Gasteiger charge is -2.13. The van der Waals surface area contributed by atoms with E-state index in [0.717, 1.165) is 6.42 Å². The number of benzene rings is 2. The molecular formula is C18H18OS. The van der Waals surface area contributed by atoms with Gasteiger partial charge in [0.15, 0.2) is 0 Å². The maximum absolute atomic E-state index is 11.4. The number of carbonyl (C=O) groups is 1. The van der Waals surface area contributed by atoms with E-state index in [-0.39, 0.29) is 5.78 Å². The Morgan fingerprint density at radius 2 is 1.85 bits per heavy atom. The largest absolute Gasteiger partial charge is 0.300 e. The van der Waals surface area contributed by atoms with Crippen LogP contribution >= 0.6 is 11.3 Å². The number of thiophene rings is 1. The first-order chi connectivity index (χ1) is 9.69. The quantitative estimate of drug-likeness (QED) is 0.615. The second-order valence-corrected chi connectivity index (χ2v) is 6.45. The van der Waals surface area contributed by atoms with Crippen LogP contribution in [0.2, 0.25) is 0 Å². The van der Waals surface area contributed by atoms with Crippen LogP contribution in [-0.4, -0.2) is 5.78 Å². The second kappa shape index (κ2) is 5.37. The van der Waals surface area contributed by atoms with Crippen molar-refractivity contribution in [2.24, 2.45) is 0 Å². The first-order valence-corrected chi connectivity index (χ1v) is 7.91. The van der Waals surface area contributed by atoms with Crippen molar-refractivity contribution in [2.45, 2.75) is 32.6 Å².